The summed E-state index contributed by atoms with van der Waals surface area (Å²) in [5.74, 6) is -1.35. The van der Waals surface area contributed by atoms with E-state index in [1.54, 1.807) is 17.0 Å². The van der Waals surface area contributed by atoms with Gasteiger partial charge in [-0.25, -0.2) is 0 Å². The van der Waals surface area contributed by atoms with Crippen LogP contribution < -0.4 is 10.6 Å². The minimum atomic E-state index is -0.663. The normalized spacial score (nSPS) is 18.7. The Morgan fingerprint density at radius 3 is 2.43 bits per heavy atom. The van der Waals surface area contributed by atoms with Gasteiger partial charge in [0.05, 0.1) is 5.56 Å². The lowest BCUT2D eigenvalue weighted by Crippen LogP contribution is -2.52. The van der Waals surface area contributed by atoms with E-state index in [-0.39, 0.29) is 53.0 Å². The van der Waals surface area contributed by atoms with Crippen LogP contribution in [0.4, 0.5) is 5.69 Å². The molecule has 0 radical (unpaired) electrons. The molecule has 1 atom stereocenters. The third kappa shape index (κ3) is 7.43. The first-order valence-electron chi connectivity index (χ1n) is 18.4. The Balaban J connectivity index is 0.854. The summed E-state index contributed by atoms with van der Waals surface area (Å²) in [5.41, 5.74) is 6.32. The molecule has 5 amide bonds. The van der Waals surface area contributed by atoms with Gasteiger partial charge in [0.15, 0.2) is 0 Å². The number of anilines is 1. The van der Waals surface area contributed by atoms with E-state index < -0.39 is 11.9 Å². The number of piperidine rings is 1. The SMILES string of the molecule is CC(C)c1cc(C(=O)N2Cc3ccc(CN4CCN(C(=O)CCCNc5cccc6c5CN(C5CCC(=O)NC5=O)C6=O)CC4)cc3C2)c(O)cc1O. The van der Waals surface area contributed by atoms with Crippen molar-refractivity contribution < 1.29 is 34.2 Å². The minimum absolute atomic E-state index is 0.00297. The van der Waals surface area contributed by atoms with Gasteiger partial charge < -0.3 is 30.2 Å². The van der Waals surface area contributed by atoms with Crippen molar-refractivity contribution in [1.29, 1.82) is 0 Å². The quantitative estimate of drug-likeness (QED) is 0.181. The lowest BCUT2D eigenvalue weighted by molar-refractivity contribution is -0.137. The number of rotatable bonds is 10. The highest BCUT2D eigenvalue weighted by Crippen LogP contribution is 2.35. The predicted molar refractivity (Wildman–Crippen MR) is 196 cm³/mol. The zero-order valence-electron chi connectivity index (χ0n) is 30.2. The number of aromatic hydroxyl groups is 2. The monoisotopic (exact) mass is 722 g/mol. The first-order chi connectivity index (χ1) is 25.5. The van der Waals surface area contributed by atoms with Crippen LogP contribution in [0, 0.1) is 0 Å². The highest BCUT2D eigenvalue weighted by Gasteiger charge is 2.40. The fraction of sp³-hybridized carbons (Fsp3) is 0.425. The third-order valence-corrected chi connectivity index (χ3v) is 10.9. The second-order valence-corrected chi connectivity index (χ2v) is 14.8. The number of hydrogen-bond donors (Lipinski definition) is 4. The maximum absolute atomic E-state index is 13.4. The summed E-state index contributed by atoms with van der Waals surface area (Å²) < 4.78 is 0. The molecule has 2 saturated heterocycles. The summed E-state index contributed by atoms with van der Waals surface area (Å²) in [6, 6.07) is 14.0. The van der Waals surface area contributed by atoms with E-state index >= 15 is 0 Å². The molecule has 13 heteroatoms. The van der Waals surface area contributed by atoms with Crippen molar-refractivity contribution >= 4 is 35.2 Å². The number of fused-ring (bicyclic) bond motifs is 2. The maximum atomic E-state index is 13.4. The van der Waals surface area contributed by atoms with Crippen LogP contribution in [0.2, 0.25) is 0 Å². The number of benzene rings is 3. The van der Waals surface area contributed by atoms with Crippen molar-refractivity contribution in [3.63, 3.8) is 0 Å². The van der Waals surface area contributed by atoms with Crippen LogP contribution in [-0.2, 0) is 40.6 Å². The number of carbonyl (C=O) groups excluding carboxylic acids is 5. The van der Waals surface area contributed by atoms with Crippen molar-refractivity contribution in [3.8, 4) is 11.5 Å². The standard InChI is InChI=1S/C40H46N6O7/c1-24(2)29-18-30(35(48)19-34(29)47)39(52)45-21-26-9-8-25(17-27(26)22-45)20-43-13-15-44(16-14-43)37(50)7-4-12-41-32-6-3-5-28-31(32)23-46(40(28)53)33-10-11-36(49)42-38(33)51/h3,5-6,8-9,17-19,24,33,41,47-48H,4,7,10-16,20-23H2,1-2H3,(H,42,49,51). The van der Waals surface area contributed by atoms with Crippen LogP contribution in [0.3, 0.4) is 0 Å². The molecule has 53 heavy (non-hydrogen) atoms. The molecule has 0 aromatic heterocycles. The zero-order valence-corrected chi connectivity index (χ0v) is 30.2. The molecule has 0 bridgehead atoms. The number of hydrogen-bond acceptors (Lipinski definition) is 9. The van der Waals surface area contributed by atoms with Crippen molar-refractivity contribution in [2.45, 2.75) is 77.7 Å². The van der Waals surface area contributed by atoms with Crippen molar-refractivity contribution in [3.05, 3.63) is 87.5 Å². The van der Waals surface area contributed by atoms with Gasteiger partial charge in [-0.2, -0.15) is 0 Å². The fourth-order valence-corrected chi connectivity index (χ4v) is 7.87. The number of amides is 5. The van der Waals surface area contributed by atoms with Crippen molar-refractivity contribution in [1.82, 2.24) is 24.9 Å². The molecule has 0 saturated carbocycles. The van der Waals surface area contributed by atoms with Gasteiger partial charge in [0.1, 0.15) is 17.5 Å². The summed E-state index contributed by atoms with van der Waals surface area (Å²) in [5, 5.41) is 26.4. The number of phenolic OH excluding ortho intramolecular Hbond substituents is 2. The molecular weight excluding hydrogens is 676 g/mol. The fourth-order valence-electron chi connectivity index (χ4n) is 7.87. The molecule has 13 nitrogen and oxygen atoms in total. The molecule has 7 rings (SSSR count). The topological polar surface area (TPSA) is 163 Å². The van der Waals surface area contributed by atoms with Crippen LogP contribution in [0.25, 0.3) is 0 Å². The number of nitrogens with one attached hydrogen (secondary N) is 2. The number of phenols is 2. The van der Waals surface area contributed by atoms with E-state index in [2.05, 4.69) is 33.7 Å². The molecule has 0 spiro atoms. The van der Waals surface area contributed by atoms with Crippen molar-refractivity contribution in [2.75, 3.05) is 38.0 Å². The van der Waals surface area contributed by atoms with Gasteiger partial charge in [0, 0.05) is 94.6 Å². The molecule has 3 aromatic rings. The molecular formula is C40H46N6O7. The molecule has 0 aliphatic carbocycles. The molecule has 4 aliphatic heterocycles. The highest BCUT2D eigenvalue weighted by molar-refractivity contribution is 6.06. The molecule has 3 aromatic carbocycles. The van der Waals surface area contributed by atoms with Crippen LogP contribution in [-0.4, -0.2) is 98.1 Å². The van der Waals surface area contributed by atoms with Gasteiger partial charge in [0.2, 0.25) is 17.7 Å². The number of nitrogens with zero attached hydrogens (tertiary/aromatic N) is 4. The van der Waals surface area contributed by atoms with E-state index in [4.69, 9.17) is 0 Å². The Morgan fingerprint density at radius 1 is 0.906 bits per heavy atom. The van der Waals surface area contributed by atoms with Gasteiger partial charge in [-0.1, -0.05) is 38.1 Å². The average Bonchev–Trinajstić information content (AvgIpc) is 3.71. The smallest absolute Gasteiger partial charge is 0.258 e. The van der Waals surface area contributed by atoms with E-state index in [0.717, 1.165) is 47.6 Å². The second kappa shape index (κ2) is 14.9. The average molecular weight is 723 g/mol. The molecule has 1 unspecified atom stereocenters. The lowest BCUT2D eigenvalue weighted by Gasteiger charge is -2.35. The number of carbonyl (C=O) groups is 5. The summed E-state index contributed by atoms with van der Waals surface area (Å²) in [4.78, 5) is 71.1. The summed E-state index contributed by atoms with van der Waals surface area (Å²) in [7, 11) is 0. The molecule has 4 N–H and O–H groups in total. The van der Waals surface area contributed by atoms with Gasteiger partial charge >= 0.3 is 0 Å². The van der Waals surface area contributed by atoms with Crippen LogP contribution in [0.15, 0.2) is 48.5 Å². The molecule has 4 aliphatic rings. The Morgan fingerprint density at radius 2 is 1.68 bits per heavy atom. The number of piperazine rings is 1. The Bertz CT molecular complexity index is 1970. The van der Waals surface area contributed by atoms with Gasteiger partial charge in [-0.15, -0.1) is 0 Å². The first kappa shape index (κ1) is 36.0. The van der Waals surface area contributed by atoms with Gasteiger partial charge in [0.25, 0.3) is 11.8 Å². The largest absolute Gasteiger partial charge is 0.508 e. The number of imide groups is 1. The molecule has 2 fully saturated rings. The summed E-state index contributed by atoms with van der Waals surface area (Å²) >= 11 is 0. The van der Waals surface area contributed by atoms with Gasteiger partial charge in [-0.3, -0.25) is 34.2 Å². The summed E-state index contributed by atoms with van der Waals surface area (Å²) in [6.45, 7) is 9.18. The van der Waals surface area contributed by atoms with E-state index in [1.165, 1.54) is 11.0 Å². The van der Waals surface area contributed by atoms with Gasteiger partial charge in [-0.05, 0) is 59.2 Å². The minimum Gasteiger partial charge on any atom is -0.508 e. The Kier molecular flexibility index (Phi) is 10.1. The van der Waals surface area contributed by atoms with E-state index in [0.29, 0.717) is 69.7 Å². The first-order valence-corrected chi connectivity index (χ1v) is 18.4. The summed E-state index contributed by atoms with van der Waals surface area (Å²) in [6.07, 6.45) is 1.56. The van der Waals surface area contributed by atoms with Crippen LogP contribution in [0.1, 0.15) is 94.0 Å². The lowest BCUT2D eigenvalue weighted by atomic mass is 9.98. The molecule has 4 heterocycles. The van der Waals surface area contributed by atoms with E-state index in [1.807, 2.05) is 30.9 Å². The third-order valence-electron chi connectivity index (χ3n) is 10.9. The van der Waals surface area contributed by atoms with Crippen molar-refractivity contribution in [2.24, 2.45) is 0 Å². The second-order valence-electron chi connectivity index (χ2n) is 14.8. The Hall–Kier alpha value is -5.43. The van der Waals surface area contributed by atoms with Crippen LogP contribution >= 0.6 is 0 Å². The van der Waals surface area contributed by atoms with Crippen LogP contribution in [0.5, 0.6) is 11.5 Å². The predicted octanol–water partition coefficient (Wildman–Crippen LogP) is 3.67. The maximum Gasteiger partial charge on any atom is 0.258 e. The highest BCUT2D eigenvalue weighted by atomic mass is 16.3. The molecule has 278 valence electrons. The Labute approximate surface area is 308 Å². The van der Waals surface area contributed by atoms with E-state index in [9.17, 15) is 34.2 Å². The zero-order chi connectivity index (χ0) is 37.4.